The molecule has 1 N–H and O–H groups in total. The zero-order valence-corrected chi connectivity index (χ0v) is 19.7. The summed E-state index contributed by atoms with van der Waals surface area (Å²) in [5.74, 6) is 0.565. The van der Waals surface area contributed by atoms with E-state index in [0.717, 1.165) is 15.7 Å². The first-order valence-electron chi connectivity index (χ1n) is 10.5. The number of carbonyl (C=O) groups is 1. The van der Waals surface area contributed by atoms with E-state index >= 15 is 0 Å². The second kappa shape index (κ2) is 9.86. The molecule has 0 radical (unpaired) electrons. The van der Waals surface area contributed by atoms with Gasteiger partial charge in [-0.2, -0.15) is 5.10 Å². The molecule has 0 unspecified atom stereocenters. The highest BCUT2D eigenvalue weighted by molar-refractivity contribution is 9.10. The molecule has 3 heterocycles. The van der Waals surface area contributed by atoms with Crippen molar-refractivity contribution in [1.82, 2.24) is 19.7 Å². The summed E-state index contributed by atoms with van der Waals surface area (Å²) in [6.07, 6.45) is 6.47. The van der Waals surface area contributed by atoms with Crippen LogP contribution in [0, 0.1) is 5.82 Å². The van der Waals surface area contributed by atoms with E-state index in [2.05, 4.69) is 36.3 Å². The first-order chi connectivity index (χ1) is 17.1. The fourth-order valence-electron chi connectivity index (χ4n) is 3.36. The van der Waals surface area contributed by atoms with Gasteiger partial charge in [0, 0.05) is 28.6 Å². The molecule has 35 heavy (non-hydrogen) atoms. The van der Waals surface area contributed by atoms with Crippen molar-refractivity contribution in [3.63, 3.8) is 0 Å². The number of hydrogen-bond acceptors (Lipinski definition) is 5. The molecular weight excluding hydrogens is 513 g/mol. The lowest BCUT2D eigenvalue weighted by atomic mass is 10.1. The number of ether oxygens (including phenoxy) is 1. The summed E-state index contributed by atoms with van der Waals surface area (Å²) in [7, 11) is 0. The van der Waals surface area contributed by atoms with Crippen LogP contribution in [0.25, 0.3) is 16.9 Å². The number of amides is 1. The number of benzene rings is 2. The van der Waals surface area contributed by atoms with Gasteiger partial charge >= 0.3 is 0 Å². The number of aromatic nitrogens is 4. The van der Waals surface area contributed by atoms with Gasteiger partial charge in [0.15, 0.2) is 0 Å². The fraction of sp³-hybridized carbons (Fsp3) is 0. The van der Waals surface area contributed by atoms with Gasteiger partial charge in [-0.05, 0) is 54.6 Å². The van der Waals surface area contributed by atoms with Gasteiger partial charge in [-0.25, -0.2) is 14.1 Å². The third-order valence-electron chi connectivity index (χ3n) is 5.04. The molecule has 0 spiro atoms. The van der Waals surface area contributed by atoms with Crippen LogP contribution in [-0.4, -0.2) is 25.7 Å². The minimum atomic E-state index is -0.365. The monoisotopic (exact) mass is 529 g/mol. The molecule has 0 saturated carbocycles. The molecular formula is C26H17BrFN5O2. The SMILES string of the molecule is O=C(Nc1ccc(Oc2ccc(F)cc2)cn1)c1cn(-c2ccncc2)nc1-c1ccccc1Br. The molecule has 0 saturated heterocycles. The number of nitrogens with one attached hydrogen (secondary N) is 1. The van der Waals surface area contributed by atoms with E-state index in [1.54, 1.807) is 47.5 Å². The lowest BCUT2D eigenvalue weighted by Crippen LogP contribution is -2.13. The molecule has 9 heteroatoms. The Morgan fingerprint density at radius 3 is 2.40 bits per heavy atom. The van der Waals surface area contributed by atoms with E-state index in [1.807, 2.05) is 24.3 Å². The second-order valence-corrected chi connectivity index (χ2v) is 8.26. The highest BCUT2D eigenvalue weighted by Crippen LogP contribution is 2.31. The van der Waals surface area contributed by atoms with Crippen molar-refractivity contribution in [2.75, 3.05) is 5.32 Å². The third kappa shape index (κ3) is 5.10. The van der Waals surface area contributed by atoms with Crippen LogP contribution in [0.5, 0.6) is 11.5 Å². The summed E-state index contributed by atoms with van der Waals surface area (Å²) in [6, 6.07) is 20.1. The van der Waals surface area contributed by atoms with E-state index in [4.69, 9.17) is 4.74 Å². The fourth-order valence-corrected chi connectivity index (χ4v) is 3.83. The van der Waals surface area contributed by atoms with Crippen LogP contribution in [0.1, 0.15) is 10.4 Å². The number of pyridine rings is 2. The summed E-state index contributed by atoms with van der Waals surface area (Å²) in [4.78, 5) is 21.6. The van der Waals surface area contributed by atoms with Crippen LogP contribution in [0.4, 0.5) is 10.2 Å². The molecule has 0 aliphatic heterocycles. The molecule has 0 fully saturated rings. The molecule has 0 aliphatic carbocycles. The molecule has 3 aromatic heterocycles. The van der Waals surface area contributed by atoms with Gasteiger partial charge in [0.1, 0.15) is 28.8 Å². The Balaban J connectivity index is 1.41. The molecule has 172 valence electrons. The number of carbonyl (C=O) groups excluding carboxylic acids is 1. The minimum absolute atomic E-state index is 0.344. The predicted molar refractivity (Wildman–Crippen MR) is 133 cm³/mol. The molecule has 0 aliphatic rings. The van der Waals surface area contributed by atoms with Gasteiger partial charge in [-0.1, -0.05) is 34.1 Å². The lowest BCUT2D eigenvalue weighted by molar-refractivity contribution is 0.102. The Bertz CT molecular complexity index is 1470. The van der Waals surface area contributed by atoms with Gasteiger partial charge in [0.25, 0.3) is 5.91 Å². The maximum absolute atomic E-state index is 13.3. The van der Waals surface area contributed by atoms with Crippen LogP contribution in [-0.2, 0) is 0 Å². The van der Waals surface area contributed by atoms with Gasteiger partial charge in [0.05, 0.1) is 17.4 Å². The smallest absolute Gasteiger partial charge is 0.260 e. The molecule has 5 aromatic rings. The van der Waals surface area contributed by atoms with E-state index in [0.29, 0.717) is 28.6 Å². The Hall–Kier alpha value is -4.37. The third-order valence-corrected chi connectivity index (χ3v) is 5.73. The normalized spacial score (nSPS) is 10.7. The predicted octanol–water partition coefficient (Wildman–Crippen LogP) is 6.28. The maximum Gasteiger partial charge on any atom is 0.260 e. The van der Waals surface area contributed by atoms with Crippen molar-refractivity contribution < 1.29 is 13.9 Å². The van der Waals surface area contributed by atoms with E-state index in [9.17, 15) is 9.18 Å². The Morgan fingerprint density at radius 2 is 1.69 bits per heavy atom. The molecule has 5 rings (SSSR count). The van der Waals surface area contributed by atoms with Gasteiger partial charge in [-0.3, -0.25) is 9.78 Å². The number of halogens is 2. The summed E-state index contributed by atoms with van der Waals surface area (Å²) in [5.41, 5.74) is 2.44. The van der Waals surface area contributed by atoms with Crippen molar-refractivity contribution >= 4 is 27.7 Å². The van der Waals surface area contributed by atoms with E-state index in [1.165, 1.54) is 30.5 Å². The quantitative estimate of drug-likeness (QED) is 0.280. The number of rotatable bonds is 6. The lowest BCUT2D eigenvalue weighted by Gasteiger charge is -2.08. The van der Waals surface area contributed by atoms with Crippen LogP contribution in [0.2, 0.25) is 0 Å². The molecule has 2 aromatic carbocycles. The topological polar surface area (TPSA) is 81.9 Å². The second-order valence-electron chi connectivity index (χ2n) is 7.41. The maximum atomic E-state index is 13.3. The number of anilines is 1. The largest absolute Gasteiger partial charge is 0.456 e. The standard InChI is InChI=1S/C26H17BrFN5O2/c27-23-4-2-1-3-21(23)25-22(16-33(32-25)18-11-13-29-14-12-18)26(34)31-24-10-9-20(15-30-24)35-19-7-5-17(28)6-8-19/h1-16H,(H,30,31,34). The van der Waals surface area contributed by atoms with Crippen molar-refractivity contribution in [3.05, 3.63) is 113 Å². The number of hydrogen-bond donors (Lipinski definition) is 1. The molecule has 0 bridgehead atoms. The van der Waals surface area contributed by atoms with Crippen LogP contribution < -0.4 is 10.1 Å². The summed E-state index contributed by atoms with van der Waals surface area (Å²) in [6.45, 7) is 0. The van der Waals surface area contributed by atoms with E-state index in [-0.39, 0.29) is 11.7 Å². The summed E-state index contributed by atoms with van der Waals surface area (Å²) >= 11 is 3.55. The zero-order valence-electron chi connectivity index (χ0n) is 18.1. The van der Waals surface area contributed by atoms with Crippen molar-refractivity contribution in [1.29, 1.82) is 0 Å². The van der Waals surface area contributed by atoms with Gasteiger partial charge < -0.3 is 10.1 Å². The van der Waals surface area contributed by atoms with Gasteiger partial charge in [-0.15, -0.1) is 0 Å². The Kier molecular flexibility index (Phi) is 6.32. The minimum Gasteiger partial charge on any atom is -0.456 e. The Labute approximate surface area is 208 Å². The van der Waals surface area contributed by atoms with Crippen LogP contribution in [0.3, 0.4) is 0 Å². The summed E-state index contributed by atoms with van der Waals surface area (Å²) < 4.78 is 21.2. The van der Waals surface area contributed by atoms with Gasteiger partial charge in [0.2, 0.25) is 0 Å². The first-order valence-corrected chi connectivity index (χ1v) is 11.3. The molecule has 7 nitrogen and oxygen atoms in total. The zero-order chi connectivity index (χ0) is 24.2. The highest BCUT2D eigenvalue weighted by Gasteiger charge is 2.20. The van der Waals surface area contributed by atoms with E-state index < -0.39 is 0 Å². The first kappa shape index (κ1) is 22.4. The molecule has 1 amide bonds. The average molecular weight is 530 g/mol. The highest BCUT2D eigenvalue weighted by atomic mass is 79.9. The average Bonchev–Trinajstić information content (AvgIpc) is 3.33. The van der Waals surface area contributed by atoms with Crippen molar-refractivity contribution in [3.8, 4) is 28.4 Å². The van der Waals surface area contributed by atoms with Crippen LogP contribution in [0.15, 0.2) is 102 Å². The summed E-state index contributed by atoms with van der Waals surface area (Å²) in [5, 5.41) is 7.49. The Morgan fingerprint density at radius 1 is 0.943 bits per heavy atom. The number of nitrogens with zero attached hydrogens (tertiary/aromatic N) is 4. The van der Waals surface area contributed by atoms with Crippen molar-refractivity contribution in [2.45, 2.75) is 0 Å². The van der Waals surface area contributed by atoms with Crippen LogP contribution >= 0.6 is 15.9 Å². The molecule has 0 atom stereocenters. The van der Waals surface area contributed by atoms with Crippen molar-refractivity contribution in [2.24, 2.45) is 0 Å².